The average Bonchev–Trinajstić information content (AvgIpc) is 2.91. The zero-order valence-corrected chi connectivity index (χ0v) is 25.7. The predicted octanol–water partition coefficient (Wildman–Crippen LogP) is 9.93. The molecule has 2 atom stereocenters. The molecule has 0 aliphatic carbocycles. The van der Waals surface area contributed by atoms with E-state index in [2.05, 4.69) is 40.7 Å². The van der Waals surface area contributed by atoms with Gasteiger partial charge in [0.2, 0.25) is 0 Å². The summed E-state index contributed by atoms with van der Waals surface area (Å²) in [6.45, 7) is 11.5. The summed E-state index contributed by atoms with van der Waals surface area (Å²) in [4.78, 5) is 12.8. The number of hydrogen-bond acceptors (Lipinski definition) is 4. The number of phenols is 2. The molecule has 220 valence electrons. The highest BCUT2D eigenvalue weighted by atomic mass is 16.5. The lowest BCUT2D eigenvalue weighted by atomic mass is 9.91. The van der Waals surface area contributed by atoms with Gasteiger partial charge in [-0.15, -0.1) is 0 Å². The van der Waals surface area contributed by atoms with Crippen LogP contribution in [0.5, 0.6) is 17.2 Å². The Morgan fingerprint density at radius 2 is 1.45 bits per heavy atom. The predicted molar refractivity (Wildman–Crippen MR) is 168 cm³/mol. The molecule has 2 aromatic rings. The first kappa shape index (κ1) is 33.2. The van der Waals surface area contributed by atoms with Gasteiger partial charge >= 0.3 is 0 Å². The van der Waals surface area contributed by atoms with Crippen LogP contribution >= 0.6 is 0 Å². The van der Waals surface area contributed by atoms with Crippen LogP contribution in [-0.4, -0.2) is 23.1 Å². The normalized spacial score (nSPS) is 13.6. The maximum atomic E-state index is 12.8. The molecule has 0 amide bonds. The molecule has 2 aromatic carbocycles. The Kier molecular flexibility index (Phi) is 14.6. The molecular weight excluding hydrogens is 496 g/mol. The Labute approximate surface area is 243 Å². The van der Waals surface area contributed by atoms with E-state index in [4.69, 9.17) is 4.74 Å². The molecule has 0 aromatic heterocycles. The van der Waals surface area contributed by atoms with Crippen LogP contribution in [-0.2, 0) is 6.42 Å². The monoisotopic (exact) mass is 548 g/mol. The van der Waals surface area contributed by atoms with Gasteiger partial charge in [0, 0.05) is 6.07 Å². The molecule has 0 radical (unpaired) electrons. The lowest BCUT2D eigenvalue weighted by molar-refractivity contribution is 0.104. The molecule has 2 rings (SSSR count). The minimum Gasteiger partial charge on any atom is -0.508 e. The van der Waals surface area contributed by atoms with Crippen molar-refractivity contribution in [1.82, 2.24) is 0 Å². The van der Waals surface area contributed by atoms with Gasteiger partial charge < -0.3 is 14.9 Å². The van der Waals surface area contributed by atoms with E-state index in [1.54, 1.807) is 19.3 Å². The van der Waals surface area contributed by atoms with E-state index >= 15 is 0 Å². The summed E-state index contributed by atoms with van der Waals surface area (Å²) in [5, 5.41) is 20.7. The van der Waals surface area contributed by atoms with Crippen LogP contribution in [0.2, 0.25) is 0 Å². The van der Waals surface area contributed by atoms with Crippen molar-refractivity contribution in [2.45, 2.75) is 98.8 Å². The second-order valence-electron chi connectivity index (χ2n) is 12.1. The van der Waals surface area contributed by atoms with Crippen LogP contribution in [0.4, 0.5) is 0 Å². The van der Waals surface area contributed by atoms with Crippen molar-refractivity contribution >= 4 is 11.9 Å². The zero-order valence-electron chi connectivity index (χ0n) is 25.7. The molecule has 4 nitrogen and oxygen atoms in total. The van der Waals surface area contributed by atoms with Gasteiger partial charge in [-0.25, -0.2) is 0 Å². The van der Waals surface area contributed by atoms with Crippen LogP contribution in [0.1, 0.15) is 114 Å². The van der Waals surface area contributed by atoms with E-state index in [1.165, 1.54) is 62.7 Å². The van der Waals surface area contributed by atoms with E-state index in [-0.39, 0.29) is 22.8 Å². The number of benzene rings is 2. The summed E-state index contributed by atoms with van der Waals surface area (Å²) in [7, 11) is 1.61. The van der Waals surface area contributed by atoms with E-state index in [1.807, 2.05) is 24.3 Å². The van der Waals surface area contributed by atoms with Crippen LogP contribution < -0.4 is 4.74 Å². The van der Waals surface area contributed by atoms with Crippen molar-refractivity contribution in [3.05, 3.63) is 70.8 Å². The zero-order chi connectivity index (χ0) is 29.5. The van der Waals surface area contributed by atoms with Crippen LogP contribution in [0, 0.1) is 17.8 Å². The Morgan fingerprint density at radius 3 is 2.05 bits per heavy atom. The van der Waals surface area contributed by atoms with Gasteiger partial charge in [-0.2, -0.15) is 0 Å². The van der Waals surface area contributed by atoms with E-state index in [9.17, 15) is 15.0 Å². The number of carbonyl (C=O) groups excluding carboxylic acids is 1. The highest BCUT2D eigenvalue weighted by molar-refractivity contribution is 6.08. The maximum Gasteiger partial charge on any atom is 0.189 e. The van der Waals surface area contributed by atoms with Crippen molar-refractivity contribution in [1.29, 1.82) is 0 Å². The molecule has 2 N–H and O–H groups in total. The topological polar surface area (TPSA) is 66.8 Å². The third kappa shape index (κ3) is 12.4. The third-order valence-corrected chi connectivity index (χ3v) is 7.82. The van der Waals surface area contributed by atoms with Gasteiger partial charge in [0.1, 0.15) is 17.2 Å². The number of methoxy groups -OCH3 is 1. The highest BCUT2D eigenvalue weighted by Gasteiger charge is 2.13. The number of ether oxygens (including phenoxy) is 1. The fourth-order valence-electron chi connectivity index (χ4n) is 5.05. The molecule has 0 heterocycles. The van der Waals surface area contributed by atoms with Crippen molar-refractivity contribution in [3.8, 4) is 17.2 Å². The van der Waals surface area contributed by atoms with Crippen molar-refractivity contribution in [2.75, 3.05) is 7.11 Å². The molecule has 4 heteroatoms. The number of carbonyl (C=O) groups is 1. The Balaban J connectivity index is 1.81. The summed E-state index contributed by atoms with van der Waals surface area (Å²) in [5.41, 5.74) is 2.96. The quantitative estimate of drug-likeness (QED) is 0.110. The standard InChI is InChI=1S/C36H52O4/c1-26(2)10-7-11-27(3)12-8-13-28(4)14-9-15-29(5)16-20-31-24-33(36(39)25-35(31)38)34(37)23-19-30-17-21-32(40-6)22-18-30/h16-19,21-28,38-39H,7-15,20H2,1-6H3/b23-19+,29-16+/t27-,28+/m0/s1. The van der Waals surface area contributed by atoms with E-state index < -0.39 is 0 Å². The van der Waals surface area contributed by atoms with Crippen molar-refractivity contribution < 1.29 is 19.7 Å². The number of hydrogen-bond donors (Lipinski definition) is 2. The van der Waals surface area contributed by atoms with Crippen LogP contribution in [0.3, 0.4) is 0 Å². The number of allylic oxidation sites excluding steroid dienone is 3. The minimum absolute atomic E-state index is 0.00397. The number of ketones is 1. The Morgan fingerprint density at radius 1 is 0.850 bits per heavy atom. The van der Waals surface area contributed by atoms with Gasteiger partial charge in [0.15, 0.2) is 5.78 Å². The first-order chi connectivity index (χ1) is 19.1. The molecule has 0 bridgehead atoms. The lowest BCUT2D eigenvalue weighted by Gasteiger charge is -2.15. The van der Waals surface area contributed by atoms with E-state index in [0.29, 0.717) is 12.0 Å². The number of rotatable bonds is 18. The molecule has 0 saturated carbocycles. The molecule has 0 aliphatic rings. The van der Waals surface area contributed by atoms with Crippen LogP contribution in [0.15, 0.2) is 54.1 Å². The number of phenolic OH excluding ortho intramolecular Hbond substituents is 2. The second-order valence-corrected chi connectivity index (χ2v) is 12.1. The smallest absolute Gasteiger partial charge is 0.189 e. The summed E-state index contributed by atoms with van der Waals surface area (Å²) in [5.74, 6) is 2.62. The van der Waals surface area contributed by atoms with Gasteiger partial charge in [-0.3, -0.25) is 4.79 Å². The fraction of sp³-hybridized carbons (Fsp3) is 0.528. The van der Waals surface area contributed by atoms with Gasteiger partial charge in [-0.1, -0.05) is 102 Å². The van der Waals surface area contributed by atoms with Gasteiger partial charge in [-0.05, 0) is 79.3 Å². The Bertz CT molecular complexity index is 1090. The fourth-order valence-corrected chi connectivity index (χ4v) is 5.05. The minimum atomic E-state index is -0.311. The summed E-state index contributed by atoms with van der Waals surface area (Å²) < 4.78 is 5.16. The third-order valence-electron chi connectivity index (χ3n) is 7.82. The molecule has 0 unspecified atom stereocenters. The SMILES string of the molecule is COc1ccc(/C=C/C(=O)c2cc(C/C=C(\C)CCC[C@H](C)CCC[C@@H](C)CCCC(C)C)c(O)cc2O)cc1. The van der Waals surface area contributed by atoms with Gasteiger partial charge in [0.25, 0.3) is 0 Å². The first-order valence-corrected chi connectivity index (χ1v) is 15.2. The molecule has 40 heavy (non-hydrogen) atoms. The second kappa shape index (κ2) is 17.6. The summed E-state index contributed by atoms with van der Waals surface area (Å²) in [6.07, 6.45) is 17.3. The largest absolute Gasteiger partial charge is 0.508 e. The van der Waals surface area contributed by atoms with Gasteiger partial charge in [0.05, 0.1) is 12.7 Å². The molecular formula is C36H52O4. The van der Waals surface area contributed by atoms with Crippen LogP contribution in [0.25, 0.3) is 6.08 Å². The maximum absolute atomic E-state index is 12.8. The van der Waals surface area contributed by atoms with Crippen molar-refractivity contribution in [3.63, 3.8) is 0 Å². The Hall–Kier alpha value is -3.01. The highest BCUT2D eigenvalue weighted by Crippen LogP contribution is 2.29. The lowest BCUT2D eigenvalue weighted by Crippen LogP contribution is -2.00. The summed E-state index contributed by atoms with van der Waals surface area (Å²) >= 11 is 0. The first-order valence-electron chi connectivity index (χ1n) is 15.2. The number of aromatic hydroxyl groups is 2. The molecule has 0 spiro atoms. The molecule has 0 aliphatic heterocycles. The van der Waals surface area contributed by atoms with E-state index in [0.717, 1.165) is 41.9 Å². The molecule has 0 saturated heterocycles. The molecule has 0 fully saturated rings. The van der Waals surface area contributed by atoms with Crippen molar-refractivity contribution in [2.24, 2.45) is 17.8 Å². The average molecular weight is 549 g/mol. The summed E-state index contributed by atoms with van der Waals surface area (Å²) in [6, 6.07) is 10.2.